The third-order valence-electron chi connectivity index (χ3n) is 9.18. The Morgan fingerprint density at radius 2 is 1.07 bits per heavy atom. The maximum atomic E-state index is 13.2. The number of aliphatic hydroxyl groups is 1. The number of carboxylic acid groups (broad SMARTS) is 1. The minimum atomic E-state index is -1.47. The van der Waals surface area contributed by atoms with Crippen molar-refractivity contribution < 1.29 is 43.7 Å². The molecule has 0 radical (unpaired) electrons. The lowest BCUT2D eigenvalue weighted by Gasteiger charge is -2.25. The highest BCUT2D eigenvalue weighted by atomic mass is 32.2. The zero-order valence-corrected chi connectivity index (χ0v) is 35.0. The monoisotopic (exact) mass is 818 g/mol. The number of carbonyl (C=O) groups is 6. The smallest absolute Gasteiger partial charge is 0.407 e. The van der Waals surface area contributed by atoms with E-state index in [9.17, 15) is 39.0 Å². The third-order valence-corrected chi connectivity index (χ3v) is 10.2. The Labute approximate surface area is 339 Å². The summed E-state index contributed by atoms with van der Waals surface area (Å²) in [6.45, 7) is 4.00. The number of nitrogens with two attached hydrogens (primary N) is 2. The van der Waals surface area contributed by atoms with Gasteiger partial charge < -0.3 is 53.0 Å². The molecule has 0 spiro atoms. The van der Waals surface area contributed by atoms with E-state index in [0.29, 0.717) is 51.1 Å². The van der Waals surface area contributed by atoms with E-state index in [2.05, 4.69) is 33.5 Å². The van der Waals surface area contributed by atoms with Crippen molar-refractivity contribution >= 4 is 47.5 Å². The summed E-state index contributed by atoms with van der Waals surface area (Å²) in [7, 11) is 0. The quantitative estimate of drug-likeness (QED) is 0.0410. The van der Waals surface area contributed by atoms with Crippen molar-refractivity contribution in [2.24, 2.45) is 11.5 Å². The second-order valence-electron chi connectivity index (χ2n) is 14.3. The van der Waals surface area contributed by atoms with Gasteiger partial charge in [0.05, 0.1) is 13.2 Å². The van der Waals surface area contributed by atoms with Crippen LogP contribution in [0.15, 0.2) is 0 Å². The van der Waals surface area contributed by atoms with Gasteiger partial charge >= 0.3 is 12.1 Å². The van der Waals surface area contributed by atoms with Gasteiger partial charge in [-0.1, -0.05) is 90.4 Å². The van der Waals surface area contributed by atoms with E-state index in [0.717, 1.165) is 19.3 Å². The average Bonchev–Trinajstić information content (AvgIpc) is 3.16. The van der Waals surface area contributed by atoms with Gasteiger partial charge in [-0.3, -0.25) is 19.2 Å². The molecule has 0 aromatic rings. The number of rotatable bonds is 37. The fourth-order valence-electron chi connectivity index (χ4n) is 5.89. The Hall–Kier alpha value is -3.15. The summed E-state index contributed by atoms with van der Waals surface area (Å²) < 4.78 is 5.26. The molecule has 0 aromatic carbocycles. The number of hydrogen-bond donors (Lipinski definition) is 9. The lowest BCUT2D eigenvalue weighted by molar-refractivity contribution is -0.142. The Morgan fingerprint density at radius 1 is 0.607 bits per heavy atom. The summed E-state index contributed by atoms with van der Waals surface area (Å²) in [6, 6.07) is -4.88. The number of ether oxygens (including phenoxy) is 1. The molecule has 11 N–H and O–H groups in total. The van der Waals surface area contributed by atoms with Gasteiger partial charge in [-0.25, -0.2) is 9.59 Å². The molecule has 0 rings (SSSR count). The molecule has 326 valence electrons. The summed E-state index contributed by atoms with van der Waals surface area (Å²) in [6.07, 6.45) is 19.3. The number of carbonyl (C=O) groups excluding carboxylic acids is 5. The first kappa shape index (κ1) is 52.9. The van der Waals surface area contributed by atoms with E-state index >= 15 is 0 Å². The molecule has 0 aliphatic heterocycles. The molecular formula is C39H75N7O9S. The maximum absolute atomic E-state index is 13.2. The summed E-state index contributed by atoms with van der Waals surface area (Å²) in [5, 5.41) is 32.1. The first-order chi connectivity index (χ1) is 27.0. The minimum absolute atomic E-state index is 0.103. The maximum Gasteiger partial charge on any atom is 0.407 e. The molecule has 4 atom stereocenters. The lowest BCUT2D eigenvalue weighted by Crippen LogP contribution is -2.59. The fourth-order valence-corrected chi connectivity index (χ4v) is 6.77. The number of thioether (sulfide) groups is 1. The topological polar surface area (TPSA) is 264 Å². The van der Waals surface area contributed by atoms with Crippen LogP contribution in [0, 0.1) is 0 Å². The second-order valence-corrected chi connectivity index (χ2v) is 15.4. The first-order valence-corrected chi connectivity index (χ1v) is 22.1. The number of carboxylic acids is 1. The summed E-state index contributed by atoms with van der Waals surface area (Å²) in [4.78, 5) is 75.1. The number of aliphatic hydroxyl groups excluding tert-OH is 1. The van der Waals surface area contributed by atoms with Gasteiger partial charge in [0.1, 0.15) is 24.2 Å². The van der Waals surface area contributed by atoms with Gasteiger partial charge in [-0.2, -0.15) is 11.8 Å². The zero-order chi connectivity index (χ0) is 41.8. The molecular weight excluding hydrogens is 743 g/mol. The molecule has 0 aliphatic carbocycles. The Balaban J connectivity index is 4.65. The van der Waals surface area contributed by atoms with Crippen molar-refractivity contribution in [2.75, 3.05) is 44.4 Å². The molecule has 5 amide bonds. The number of unbranched alkanes of at least 4 members (excludes halogenated alkanes) is 15. The molecule has 4 unspecified atom stereocenters. The molecule has 0 aliphatic rings. The van der Waals surface area contributed by atoms with Crippen LogP contribution in [-0.4, -0.2) is 114 Å². The number of hydrogen-bond acceptors (Lipinski definition) is 11. The minimum Gasteiger partial charge on any atom is -0.480 e. The van der Waals surface area contributed by atoms with Crippen LogP contribution in [0.3, 0.4) is 0 Å². The van der Waals surface area contributed by atoms with E-state index < -0.39 is 66.5 Å². The first-order valence-electron chi connectivity index (χ1n) is 20.9. The van der Waals surface area contributed by atoms with Gasteiger partial charge in [0.25, 0.3) is 0 Å². The molecule has 0 fully saturated rings. The van der Waals surface area contributed by atoms with Gasteiger partial charge in [0.2, 0.25) is 23.6 Å². The predicted molar refractivity (Wildman–Crippen MR) is 221 cm³/mol. The summed E-state index contributed by atoms with van der Waals surface area (Å²) in [5.74, 6) is -3.53. The number of nitrogens with one attached hydrogen (secondary N) is 5. The van der Waals surface area contributed by atoms with Crippen LogP contribution >= 0.6 is 11.8 Å². The van der Waals surface area contributed by atoms with Gasteiger partial charge in [-0.15, -0.1) is 0 Å². The van der Waals surface area contributed by atoms with Crippen molar-refractivity contribution in [3.63, 3.8) is 0 Å². The van der Waals surface area contributed by atoms with Crippen molar-refractivity contribution in [3.05, 3.63) is 0 Å². The van der Waals surface area contributed by atoms with Crippen molar-refractivity contribution in [2.45, 2.75) is 166 Å². The van der Waals surface area contributed by atoms with Gasteiger partial charge in [-0.05, 0) is 58.0 Å². The molecule has 0 saturated heterocycles. The molecule has 0 bridgehead atoms. The fraction of sp³-hybridized carbons (Fsp3) is 0.846. The molecule has 0 saturated carbocycles. The van der Waals surface area contributed by atoms with Crippen molar-refractivity contribution in [3.8, 4) is 0 Å². The SMILES string of the molecule is CCCCCCCCCCCCCCCCOC(=O)NCCSCC(NC(C)=O)C(=O)NC(CO)C(=O)NC(CCCCN)C(=O)NC(CCCCN)C(=O)O. The summed E-state index contributed by atoms with van der Waals surface area (Å²) >= 11 is 1.28. The largest absolute Gasteiger partial charge is 0.480 e. The Morgan fingerprint density at radius 3 is 1.57 bits per heavy atom. The normalized spacial score (nSPS) is 13.2. The van der Waals surface area contributed by atoms with Gasteiger partial charge in [0.15, 0.2) is 0 Å². The van der Waals surface area contributed by atoms with Crippen LogP contribution in [0.5, 0.6) is 0 Å². The van der Waals surface area contributed by atoms with Crippen LogP contribution in [0.1, 0.15) is 142 Å². The van der Waals surface area contributed by atoms with Crippen LogP contribution in [0.25, 0.3) is 0 Å². The van der Waals surface area contributed by atoms with E-state index in [1.807, 2.05) is 0 Å². The third kappa shape index (κ3) is 29.1. The summed E-state index contributed by atoms with van der Waals surface area (Å²) in [5.41, 5.74) is 11.1. The lowest BCUT2D eigenvalue weighted by atomic mass is 10.0. The van der Waals surface area contributed by atoms with E-state index in [1.165, 1.54) is 89.3 Å². The highest BCUT2D eigenvalue weighted by Crippen LogP contribution is 2.13. The zero-order valence-electron chi connectivity index (χ0n) is 34.2. The highest BCUT2D eigenvalue weighted by Gasteiger charge is 2.30. The molecule has 0 heterocycles. The number of aliphatic carboxylic acids is 1. The average molecular weight is 818 g/mol. The van der Waals surface area contributed by atoms with Crippen LogP contribution < -0.4 is 38.1 Å². The molecule has 17 heteroatoms. The number of alkyl carbamates (subject to hydrolysis) is 1. The Kier molecular flexibility index (Phi) is 34.2. The second kappa shape index (κ2) is 36.2. The van der Waals surface area contributed by atoms with Gasteiger partial charge in [0, 0.05) is 25.0 Å². The Bertz CT molecular complexity index is 1090. The van der Waals surface area contributed by atoms with Crippen LogP contribution in [0.2, 0.25) is 0 Å². The number of amides is 5. The van der Waals surface area contributed by atoms with Crippen molar-refractivity contribution in [1.82, 2.24) is 26.6 Å². The van der Waals surface area contributed by atoms with E-state index in [1.54, 1.807) is 0 Å². The standard InChI is InChI=1S/C39H75N7O9S/c1-3-4-5-6-7-8-9-10-11-12-13-14-15-20-26-55-39(54)42-25-27-56-29-34(43-30(2)48)37(51)46-33(28-47)36(50)44-31(21-16-18-23-40)35(49)45-32(38(52)53)22-17-19-24-41/h31-34,47H,3-29,40-41H2,1-2H3,(H,42,54)(H,43,48)(H,44,50)(H,45,49)(H,46,51)(H,52,53). The molecule has 0 aromatic heterocycles. The van der Waals surface area contributed by atoms with E-state index in [4.69, 9.17) is 16.2 Å². The molecule has 16 nitrogen and oxygen atoms in total. The highest BCUT2D eigenvalue weighted by molar-refractivity contribution is 7.99. The van der Waals surface area contributed by atoms with E-state index in [-0.39, 0.29) is 25.1 Å². The van der Waals surface area contributed by atoms with Crippen LogP contribution in [0.4, 0.5) is 4.79 Å². The van der Waals surface area contributed by atoms with Crippen LogP contribution in [-0.2, 0) is 28.7 Å². The van der Waals surface area contributed by atoms with Crippen molar-refractivity contribution in [1.29, 1.82) is 0 Å². The molecule has 56 heavy (non-hydrogen) atoms. The predicted octanol–water partition coefficient (Wildman–Crippen LogP) is 3.22.